The highest BCUT2D eigenvalue weighted by Gasteiger charge is 2.35. The standard InChI is InChI=1S/C13H16N2O4/c1-7-6-8(2)14-11(16)10(7)12(17)15-5-3-4-9(15)13(18)19/h6,9H,3-5H2,1-2H3,(H,14,16)(H,18,19)/t9-/m1/s1. The van der Waals surface area contributed by atoms with Gasteiger partial charge in [-0.25, -0.2) is 4.79 Å². The molecule has 0 unspecified atom stereocenters. The fourth-order valence-electron chi connectivity index (χ4n) is 2.53. The van der Waals surface area contributed by atoms with Crippen molar-refractivity contribution in [1.29, 1.82) is 0 Å². The van der Waals surface area contributed by atoms with E-state index in [0.717, 1.165) is 0 Å². The second-order valence-electron chi connectivity index (χ2n) is 4.83. The molecule has 6 heteroatoms. The highest BCUT2D eigenvalue weighted by atomic mass is 16.4. The van der Waals surface area contributed by atoms with E-state index < -0.39 is 23.5 Å². The van der Waals surface area contributed by atoms with Crippen LogP contribution in [0.2, 0.25) is 0 Å². The molecule has 1 aromatic heterocycles. The monoisotopic (exact) mass is 264 g/mol. The molecule has 1 amide bonds. The summed E-state index contributed by atoms with van der Waals surface area (Å²) in [6.07, 6.45) is 1.08. The van der Waals surface area contributed by atoms with Gasteiger partial charge in [-0.3, -0.25) is 9.59 Å². The Morgan fingerprint density at radius 3 is 2.68 bits per heavy atom. The second kappa shape index (κ2) is 4.87. The van der Waals surface area contributed by atoms with Gasteiger partial charge in [0.15, 0.2) is 0 Å². The number of hydrogen-bond donors (Lipinski definition) is 2. The van der Waals surface area contributed by atoms with Crippen molar-refractivity contribution in [1.82, 2.24) is 9.88 Å². The van der Waals surface area contributed by atoms with E-state index in [1.807, 2.05) is 0 Å². The summed E-state index contributed by atoms with van der Waals surface area (Å²) in [6.45, 7) is 3.79. The number of carboxylic acid groups (broad SMARTS) is 1. The Balaban J connectivity index is 2.40. The van der Waals surface area contributed by atoms with Crippen molar-refractivity contribution >= 4 is 11.9 Å². The maximum Gasteiger partial charge on any atom is 0.326 e. The Bertz CT molecular complexity index is 591. The molecule has 0 aliphatic carbocycles. The molecule has 0 radical (unpaired) electrons. The number of nitrogens with zero attached hydrogens (tertiary/aromatic N) is 1. The van der Waals surface area contributed by atoms with Crippen LogP contribution in [0.1, 0.15) is 34.5 Å². The smallest absolute Gasteiger partial charge is 0.326 e. The molecule has 0 aromatic carbocycles. The number of aromatic nitrogens is 1. The Morgan fingerprint density at radius 1 is 1.42 bits per heavy atom. The number of aliphatic carboxylic acids is 1. The van der Waals surface area contributed by atoms with Crippen LogP contribution < -0.4 is 5.56 Å². The van der Waals surface area contributed by atoms with Crippen molar-refractivity contribution in [2.45, 2.75) is 32.7 Å². The minimum Gasteiger partial charge on any atom is -0.480 e. The van der Waals surface area contributed by atoms with Gasteiger partial charge in [0.05, 0.1) is 0 Å². The number of carbonyl (C=O) groups is 2. The van der Waals surface area contributed by atoms with Gasteiger partial charge in [0.1, 0.15) is 11.6 Å². The molecule has 1 aliphatic rings. The van der Waals surface area contributed by atoms with Crippen LogP contribution in [0.4, 0.5) is 0 Å². The lowest BCUT2D eigenvalue weighted by molar-refractivity contribution is -0.141. The van der Waals surface area contributed by atoms with E-state index in [4.69, 9.17) is 5.11 Å². The number of rotatable bonds is 2. The quantitative estimate of drug-likeness (QED) is 0.821. The summed E-state index contributed by atoms with van der Waals surface area (Å²) in [5, 5.41) is 9.08. The zero-order chi connectivity index (χ0) is 14.2. The lowest BCUT2D eigenvalue weighted by Gasteiger charge is -2.21. The van der Waals surface area contributed by atoms with E-state index in [1.165, 1.54) is 4.90 Å². The first-order valence-corrected chi connectivity index (χ1v) is 6.16. The third-order valence-corrected chi connectivity index (χ3v) is 3.38. The number of amides is 1. The van der Waals surface area contributed by atoms with Crippen molar-refractivity contribution in [3.63, 3.8) is 0 Å². The van der Waals surface area contributed by atoms with E-state index >= 15 is 0 Å². The summed E-state index contributed by atoms with van der Waals surface area (Å²) < 4.78 is 0. The summed E-state index contributed by atoms with van der Waals surface area (Å²) in [5.74, 6) is -1.52. The zero-order valence-corrected chi connectivity index (χ0v) is 10.9. The molecule has 1 aromatic rings. The molecule has 0 bridgehead atoms. The molecule has 0 spiro atoms. The van der Waals surface area contributed by atoms with Gasteiger partial charge in [-0.2, -0.15) is 0 Å². The van der Waals surface area contributed by atoms with Gasteiger partial charge in [-0.05, 0) is 38.3 Å². The van der Waals surface area contributed by atoms with Crippen molar-refractivity contribution in [3.8, 4) is 0 Å². The fraction of sp³-hybridized carbons (Fsp3) is 0.462. The van der Waals surface area contributed by atoms with Gasteiger partial charge in [-0.1, -0.05) is 0 Å². The Kier molecular flexibility index (Phi) is 3.42. The molecule has 2 heterocycles. The van der Waals surface area contributed by atoms with Crippen molar-refractivity contribution < 1.29 is 14.7 Å². The summed E-state index contributed by atoms with van der Waals surface area (Å²) >= 11 is 0. The van der Waals surface area contributed by atoms with Crippen LogP contribution in [-0.4, -0.2) is 39.5 Å². The Morgan fingerprint density at radius 2 is 2.11 bits per heavy atom. The van der Waals surface area contributed by atoms with Crippen LogP contribution in [0.5, 0.6) is 0 Å². The largest absolute Gasteiger partial charge is 0.480 e. The Labute approximate surface area is 110 Å². The first kappa shape index (κ1) is 13.3. The van der Waals surface area contributed by atoms with Crippen LogP contribution >= 0.6 is 0 Å². The second-order valence-corrected chi connectivity index (χ2v) is 4.83. The highest BCUT2D eigenvalue weighted by Crippen LogP contribution is 2.20. The minimum atomic E-state index is -1.02. The molecule has 1 saturated heterocycles. The lowest BCUT2D eigenvalue weighted by atomic mass is 10.1. The van der Waals surface area contributed by atoms with E-state index in [-0.39, 0.29) is 5.56 Å². The minimum absolute atomic E-state index is 0.0405. The normalized spacial score (nSPS) is 18.6. The number of pyridine rings is 1. The van der Waals surface area contributed by atoms with Crippen LogP contribution in [0, 0.1) is 13.8 Å². The van der Waals surface area contributed by atoms with Gasteiger partial charge >= 0.3 is 5.97 Å². The summed E-state index contributed by atoms with van der Waals surface area (Å²) in [5.41, 5.74) is 0.829. The van der Waals surface area contributed by atoms with Gasteiger partial charge in [0, 0.05) is 12.2 Å². The third kappa shape index (κ3) is 2.38. The number of H-pyrrole nitrogens is 1. The van der Waals surface area contributed by atoms with Crippen LogP contribution in [0.25, 0.3) is 0 Å². The molecule has 2 N–H and O–H groups in total. The maximum absolute atomic E-state index is 12.4. The number of carboxylic acids is 1. The van der Waals surface area contributed by atoms with Gasteiger partial charge in [0.25, 0.3) is 11.5 Å². The molecular weight excluding hydrogens is 248 g/mol. The number of likely N-dealkylation sites (tertiary alicyclic amines) is 1. The summed E-state index contributed by atoms with van der Waals surface area (Å²) in [4.78, 5) is 39.2. The van der Waals surface area contributed by atoms with Gasteiger partial charge in [-0.15, -0.1) is 0 Å². The van der Waals surface area contributed by atoms with E-state index in [2.05, 4.69) is 4.98 Å². The molecule has 102 valence electrons. The Hall–Kier alpha value is -2.11. The average molecular weight is 264 g/mol. The lowest BCUT2D eigenvalue weighted by Crippen LogP contribution is -2.42. The zero-order valence-electron chi connectivity index (χ0n) is 10.9. The predicted octanol–water partition coefficient (Wildman–Crippen LogP) is 0.681. The fourth-order valence-corrected chi connectivity index (χ4v) is 2.53. The predicted molar refractivity (Wildman–Crippen MR) is 68.2 cm³/mol. The number of hydrogen-bond acceptors (Lipinski definition) is 3. The van der Waals surface area contributed by atoms with Crippen LogP contribution in [-0.2, 0) is 4.79 Å². The number of aromatic amines is 1. The first-order chi connectivity index (χ1) is 8.91. The maximum atomic E-state index is 12.4. The van der Waals surface area contributed by atoms with Gasteiger partial charge < -0.3 is 15.0 Å². The third-order valence-electron chi connectivity index (χ3n) is 3.38. The van der Waals surface area contributed by atoms with E-state index in [0.29, 0.717) is 30.6 Å². The SMILES string of the molecule is Cc1cc(C)c(C(=O)N2CCC[C@@H]2C(=O)O)c(=O)[nH]1. The van der Waals surface area contributed by atoms with Crippen molar-refractivity contribution in [3.05, 3.63) is 33.2 Å². The highest BCUT2D eigenvalue weighted by molar-refractivity contribution is 5.97. The molecule has 1 aliphatic heterocycles. The van der Waals surface area contributed by atoms with Crippen LogP contribution in [0.3, 0.4) is 0 Å². The summed E-state index contributed by atoms with van der Waals surface area (Å²) in [6, 6.07) is 0.883. The molecule has 1 fully saturated rings. The molecule has 19 heavy (non-hydrogen) atoms. The topological polar surface area (TPSA) is 90.5 Å². The number of carbonyl (C=O) groups excluding carboxylic acids is 1. The molecular formula is C13H16N2O4. The van der Waals surface area contributed by atoms with Crippen molar-refractivity contribution in [2.24, 2.45) is 0 Å². The molecule has 1 atom stereocenters. The molecule has 2 rings (SSSR count). The molecule has 0 saturated carbocycles. The average Bonchev–Trinajstić information content (AvgIpc) is 2.75. The van der Waals surface area contributed by atoms with Crippen LogP contribution in [0.15, 0.2) is 10.9 Å². The van der Waals surface area contributed by atoms with Gasteiger partial charge in [0.2, 0.25) is 0 Å². The van der Waals surface area contributed by atoms with E-state index in [1.54, 1.807) is 19.9 Å². The number of nitrogens with one attached hydrogen (secondary N) is 1. The summed E-state index contributed by atoms with van der Waals surface area (Å²) in [7, 11) is 0. The number of aryl methyl sites for hydroxylation is 2. The van der Waals surface area contributed by atoms with E-state index in [9.17, 15) is 14.4 Å². The first-order valence-electron chi connectivity index (χ1n) is 6.16. The molecule has 6 nitrogen and oxygen atoms in total. The van der Waals surface area contributed by atoms with Crippen molar-refractivity contribution in [2.75, 3.05) is 6.54 Å².